The summed E-state index contributed by atoms with van der Waals surface area (Å²) in [5, 5.41) is 5.68. The molecule has 154 valence electrons. The normalized spacial score (nSPS) is 10.4. The summed E-state index contributed by atoms with van der Waals surface area (Å²) in [6.07, 6.45) is 0. The summed E-state index contributed by atoms with van der Waals surface area (Å²) in [6, 6.07) is 20.0. The Morgan fingerprint density at radius 2 is 1.60 bits per heavy atom. The van der Waals surface area contributed by atoms with E-state index in [9.17, 15) is 14.0 Å². The SMILES string of the molecule is Cc1ccc(C(=O)NCCN(C(=O)Nc2cccc(C)c2)c2ccc(F)cc2)cc1. The topological polar surface area (TPSA) is 61.4 Å². The number of hydrogen-bond acceptors (Lipinski definition) is 2. The molecular weight excluding hydrogens is 381 g/mol. The van der Waals surface area contributed by atoms with E-state index in [2.05, 4.69) is 10.6 Å². The third-order valence-corrected chi connectivity index (χ3v) is 4.59. The summed E-state index contributed by atoms with van der Waals surface area (Å²) in [5.41, 5.74) is 3.84. The van der Waals surface area contributed by atoms with E-state index in [0.29, 0.717) is 16.9 Å². The first-order valence-corrected chi connectivity index (χ1v) is 9.68. The molecule has 2 N–H and O–H groups in total. The Morgan fingerprint density at radius 3 is 2.27 bits per heavy atom. The molecule has 3 aromatic rings. The van der Waals surface area contributed by atoms with Gasteiger partial charge in [0.15, 0.2) is 0 Å². The molecule has 0 spiro atoms. The van der Waals surface area contributed by atoms with Gasteiger partial charge >= 0.3 is 6.03 Å². The van der Waals surface area contributed by atoms with Crippen molar-refractivity contribution >= 4 is 23.3 Å². The zero-order valence-corrected chi connectivity index (χ0v) is 17.0. The Hall–Kier alpha value is -3.67. The van der Waals surface area contributed by atoms with Crippen molar-refractivity contribution in [3.8, 4) is 0 Å². The van der Waals surface area contributed by atoms with Crippen molar-refractivity contribution in [2.24, 2.45) is 0 Å². The summed E-state index contributed by atoms with van der Waals surface area (Å²) >= 11 is 0. The van der Waals surface area contributed by atoms with Gasteiger partial charge in [0.05, 0.1) is 0 Å². The smallest absolute Gasteiger partial charge is 0.326 e. The molecule has 0 aliphatic carbocycles. The number of halogens is 1. The van der Waals surface area contributed by atoms with Crippen LogP contribution in [0.5, 0.6) is 0 Å². The standard InChI is InChI=1S/C24H24FN3O2/c1-17-6-8-19(9-7-17)23(29)26-14-15-28(22-12-10-20(25)11-13-22)24(30)27-21-5-3-4-18(2)16-21/h3-13,16H,14-15H2,1-2H3,(H,26,29)(H,27,30). The van der Waals surface area contributed by atoms with Crippen molar-refractivity contribution < 1.29 is 14.0 Å². The lowest BCUT2D eigenvalue weighted by atomic mass is 10.1. The maximum atomic E-state index is 13.3. The zero-order valence-electron chi connectivity index (χ0n) is 17.0. The largest absolute Gasteiger partial charge is 0.350 e. The molecule has 0 saturated carbocycles. The fourth-order valence-corrected chi connectivity index (χ4v) is 2.97. The Labute approximate surface area is 175 Å². The second-order valence-electron chi connectivity index (χ2n) is 7.05. The minimum Gasteiger partial charge on any atom is -0.350 e. The van der Waals surface area contributed by atoms with Crippen LogP contribution in [0.1, 0.15) is 21.5 Å². The molecule has 3 amide bonds. The molecular formula is C24H24FN3O2. The molecule has 5 nitrogen and oxygen atoms in total. The lowest BCUT2D eigenvalue weighted by Gasteiger charge is -2.23. The van der Waals surface area contributed by atoms with E-state index >= 15 is 0 Å². The van der Waals surface area contributed by atoms with Gasteiger partial charge in [-0.15, -0.1) is 0 Å². The molecule has 0 aromatic heterocycles. The van der Waals surface area contributed by atoms with E-state index in [0.717, 1.165) is 11.1 Å². The number of carbonyl (C=O) groups is 2. The van der Waals surface area contributed by atoms with E-state index in [1.807, 2.05) is 44.2 Å². The average molecular weight is 405 g/mol. The highest BCUT2D eigenvalue weighted by Crippen LogP contribution is 2.17. The minimum absolute atomic E-state index is 0.215. The highest BCUT2D eigenvalue weighted by molar-refractivity contribution is 6.02. The first kappa shape index (κ1) is 21.0. The van der Waals surface area contributed by atoms with Crippen molar-refractivity contribution in [3.05, 3.63) is 95.3 Å². The molecule has 3 rings (SSSR count). The van der Waals surface area contributed by atoms with Gasteiger partial charge in [-0.2, -0.15) is 0 Å². The Balaban J connectivity index is 1.69. The van der Waals surface area contributed by atoms with Crippen LogP contribution in [0.15, 0.2) is 72.8 Å². The quantitative estimate of drug-likeness (QED) is 0.612. The van der Waals surface area contributed by atoms with Crippen molar-refractivity contribution in [3.63, 3.8) is 0 Å². The number of nitrogens with zero attached hydrogens (tertiary/aromatic N) is 1. The maximum absolute atomic E-state index is 13.3. The van der Waals surface area contributed by atoms with Gasteiger partial charge in [-0.05, 0) is 67.9 Å². The van der Waals surface area contributed by atoms with E-state index in [4.69, 9.17) is 0 Å². The molecule has 0 fully saturated rings. The molecule has 0 bridgehead atoms. The summed E-state index contributed by atoms with van der Waals surface area (Å²) < 4.78 is 13.3. The fourth-order valence-electron chi connectivity index (χ4n) is 2.97. The van der Waals surface area contributed by atoms with E-state index in [-0.39, 0.29) is 30.8 Å². The maximum Gasteiger partial charge on any atom is 0.326 e. The van der Waals surface area contributed by atoms with E-state index in [1.165, 1.54) is 29.2 Å². The minimum atomic E-state index is -0.384. The number of aryl methyl sites for hydroxylation is 2. The number of anilines is 2. The van der Waals surface area contributed by atoms with Crippen LogP contribution in [0.2, 0.25) is 0 Å². The van der Waals surface area contributed by atoms with Gasteiger partial charge in [0.1, 0.15) is 5.82 Å². The van der Waals surface area contributed by atoms with Crippen LogP contribution in [0.3, 0.4) is 0 Å². The second-order valence-corrected chi connectivity index (χ2v) is 7.05. The molecule has 0 aliphatic heterocycles. The Morgan fingerprint density at radius 1 is 0.900 bits per heavy atom. The molecule has 0 unspecified atom stereocenters. The number of benzene rings is 3. The molecule has 0 heterocycles. The number of urea groups is 1. The van der Waals surface area contributed by atoms with Gasteiger partial charge in [0.2, 0.25) is 0 Å². The average Bonchev–Trinajstić information content (AvgIpc) is 2.72. The number of amides is 3. The lowest BCUT2D eigenvalue weighted by molar-refractivity contribution is 0.0954. The third kappa shape index (κ3) is 5.67. The van der Waals surface area contributed by atoms with Crippen molar-refractivity contribution in [1.29, 1.82) is 0 Å². The summed E-state index contributed by atoms with van der Waals surface area (Å²) in [5.74, 6) is -0.599. The highest BCUT2D eigenvalue weighted by atomic mass is 19.1. The first-order chi connectivity index (χ1) is 14.4. The van der Waals surface area contributed by atoms with Gasteiger partial charge in [0, 0.05) is 30.0 Å². The van der Waals surface area contributed by atoms with Gasteiger partial charge in [-0.3, -0.25) is 9.69 Å². The molecule has 0 aliphatic rings. The zero-order chi connectivity index (χ0) is 21.5. The van der Waals surface area contributed by atoms with Gasteiger partial charge < -0.3 is 10.6 Å². The number of hydrogen-bond donors (Lipinski definition) is 2. The second kappa shape index (κ2) is 9.69. The van der Waals surface area contributed by atoms with Crippen LogP contribution in [-0.2, 0) is 0 Å². The molecule has 0 atom stereocenters. The summed E-state index contributed by atoms with van der Waals surface area (Å²) in [7, 11) is 0. The van der Waals surface area contributed by atoms with Crippen molar-refractivity contribution in [2.75, 3.05) is 23.3 Å². The monoisotopic (exact) mass is 405 g/mol. The molecule has 0 saturated heterocycles. The first-order valence-electron chi connectivity index (χ1n) is 9.68. The Kier molecular flexibility index (Phi) is 6.80. The Bertz CT molecular complexity index is 1020. The molecule has 30 heavy (non-hydrogen) atoms. The highest BCUT2D eigenvalue weighted by Gasteiger charge is 2.17. The van der Waals surface area contributed by atoms with Crippen molar-refractivity contribution in [1.82, 2.24) is 5.32 Å². The van der Waals surface area contributed by atoms with Gasteiger partial charge in [0.25, 0.3) is 5.91 Å². The predicted molar refractivity (Wildman–Crippen MR) is 117 cm³/mol. The van der Waals surface area contributed by atoms with Crippen LogP contribution in [-0.4, -0.2) is 25.0 Å². The van der Waals surface area contributed by atoms with E-state index < -0.39 is 0 Å². The molecule has 0 radical (unpaired) electrons. The van der Waals surface area contributed by atoms with Gasteiger partial charge in [-0.25, -0.2) is 9.18 Å². The molecule has 3 aromatic carbocycles. The number of rotatable bonds is 6. The summed E-state index contributed by atoms with van der Waals surface area (Å²) in [6.45, 7) is 4.36. The fraction of sp³-hybridized carbons (Fsp3) is 0.167. The van der Waals surface area contributed by atoms with Crippen LogP contribution in [0, 0.1) is 19.7 Å². The van der Waals surface area contributed by atoms with E-state index in [1.54, 1.807) is 18.2 Å². The number of nitrogens with one attached hydrogen (secondary N) is 2. The van der Waals surface area contributed by atoms with Crippen LogP contribution >= 0.6 is 0 Å². The van der Waals surface area contributed by atoms with Crippen molar-refractivity contribution in [2.45, 2.75) is 13.8 Å². The lowest BCUT2D eigenvalue weighted by Crippen LogP contribution is -2.41. The van der Waals surface area contributed by atoms with Crippen LogP contribution in [0.4, 0.5) is 20.6 Å². The van der Waals surface area contributed by atoms with Gasteiger partial charge in [-0.1, -0.05) is 29.8 Å². The summed E-state index contributed by atoms with van der Waals surface area (Å²) in [4.78, 5) is 26.7. The number of carbonyl (C=O) groups excluding carboxylic acids is 2. The third-order valence-electron chi connectivity index (χ3n) is 4.59. The van der Waals surface area contributed by atoms with Crippen LogP contribution < -0.4 is 15.5 Å². The van der Waals surface area contributed by atoms with Crippen LogP contribution in [0.25, 0.3) is 0 Å². The predicted octanol–water partition coefficient (Wildman–Crippen LogP) is 4.91. The molecule has 6 heteroatoms.